The van der Waals surface area contributed by atoms with Crippen LogP contribution in [0, 0.1) is 0 Å². The molecule has 1 atom stereocenters. The van der Waals surface area contributed by atoms with Crippen LogP contribution in [0.1, 0.15) is 67.3 Å². The Morgan fingerprint density at radius 3 is 2.50 bits per heavy atom. The van der Waals surface area contributed by atoms with Crippen LogP contribution in [0.3, 0.4) is 0 Å². The number of aryl methyl sites for hydroxylation is 1. The molecule has 1 aliphatic carbocycles. The highest BCUT2D eigenvalue weighted by Gasteiger charge is 2.20. The number of Topliss-reactive ketones (excluding diaryl/α,β-unsaturated/α-hetero) is 1. The van der Waals surface area contributed by atoms with Crippen molar-refractivity contribution >= 4 is 50.2 Å². The molecule has 10 heteroatoms. The fraction of sp³-hybridized carbons (Fsp3) is 0.353. The lowest BCUT2D eigenvalue weighted by atomic mass is 9.92. The smallest absolute Gasteiger partial charge is 0.335 e. The number of amides is 1. The van der Waals surface area contributed by atoms with Crippen LogP contribution in [-0.2, 0) is 16.0 Å². The molecule has 2 aromatic rings. The summed E-state index contributed by atoms with van der Waals surface area (Å²) in [4.78, 5) is 48.2. The van der Waals surface area contributed by atoms with Gasteiger partial charge >= 0.3 is 5.97 Å². The summed E-state index contributed by atoms with van der Waals surface area (Å²) in [7, 11) is 3.92. The Kier molecular flexibility index (Phi) is 10.7. The van der Waals surface area contributed by atoms with Crippen LogP contribution in [0.25, 0.3) is 33.4 Å². The Hall–Kier alpha value is -3.76. The number of phenolic OH excluding ortho intramolecular Hbond substituents is 1. The van der Waals surface area contributed by atoms with Crippen molar-refractivity contribution in [3.05, 3.63) is 75.9 Å². The number of carbonyl (C=O) groups is 3. The van der Waals surface area contributed by atoms with E-state index in [9.17, 15) is 29.4 Å². The van der Waals surface area contributed by atoms with Gasteiger partial charge in [-0.1, -0.05) is 40.1 Å². The average Bonchev–Trinajstić information content (AvgIpc) is 3.53. The van der Waals surface area contributed by atoms with Gasteiger partial charge in [0.15, 0.2) is 5.43 Å². The van der Waals surface area contributed by atoms with Gasteiger partial charge < -0.3 is 19.9 Å². The second-order valence-electron chi connectivity index (χ2n) is 11.1. The third kappa shape index (κ3) is 8.04. The van der Waals surface area contributed by atoms with Gasteiger partial charge in [-0.05, 0) is 73.6 Å². The Balaban J connectivity index is 1.21. The van der Waals surface area contributed by atoms with Crippen LogP contribution in [0.2, 0.25) is 0 Å². The highest BCUT2D eigenvalue weighted by atomic mass is 33.1. The van der Waals surface area contributed by atoms with Crippen LogP contribution in [0.15, 0.2) is 63.8 Å². The number of carboxylic acids is 1. The first-order valence-corrected chi connectivity index (χ1v) is 17.3. The van der Waals surface area contributed by atoms with Crippen molar-refractivity contribution in [3.8, 4) is 28.2 Å². The number of unbranched alkanes of at least 4 members (excludes halogenated alkanes) is 1. The monoisotopic (exact) mass is 633 g/mol. The largest absolute Gasteiger partial charge is 0.508 e. The molecule has 2 heterocycles. The molecule has 5 rings (SSSR count). The maximum absolute atomic E-state index is 12.6. The van der Waals surface area contributed by atoms with E-state index in [-0.39, 0.29) is 41.3 Å². The third-order valence-corrected chi connectivity index (χ3v) is 10.9. The van der Waals surface area contributed by atoms with Gasteiger partial charge in [-0.25, -0.2) is 4.79 Å². The number of fused-ring (bicyclic) bond motifs is 2. The highest BCUT2D eigenvalue weighted by molar-refractivity contribution is 8.77. The van der Waals surface area contributed by atoms with Crippen LogP contribution in [0.5, 0.6) is 5.75 Å². The molecule has 2 aliphatic heterocycles. The summed E-state index contributed by atoms with van der Waals surface area (Å²) in [5, 5.41) is 24.4. The number of rotatable bonds is 14. The summed E-state index contributed by atoms with van der Waals surface area (Å²) >= 11 is 0. The van der Waals surface area contributed by atoms with Crippen molar-refractivity contribution < 1.29 is 29.0 Å². The van der Waals surface area contributed by atoms with Gasteiger partial charge in [-0.2, -0.15) is 0 Å². The minimum absolute atomic E-state index is 0.0327. The van der Waals surface area contributed by atoms with Crippen LogP contribution in [0.4, 0.5) is 0 Å². The van der Waals surface area contributed by atoms with E-state index >= 15 is 0 Å². The van der Waals surface area contributed by atoms with E-state index in [2.05, 4.69) is 5.32 Å². The molecule has 0 aromatic heterocycles. The quantitative estimate of drug-likeness (QED) is 0.0756. The van der Waals surface area contributed by atoms with Crippen LogP contribution in [-0.4, -0.2) is 45.4 Å². The molecule has 1 saturated heterocycles. The molecule has 2 aromatic carbocycles. The van der Waals surface area contributed by atoms with Gasteiger partial charge in [-0.15, -0.1) is 0 Å². The zero-order chi connectivity index (χ0) is 31.1. The van der Waals surface area contributed by atoms with E-state index in [4.69, 9.17) is 4.42 Å². The van der Waals surface area contributed by atoms with E-state index < -0.39 is 5.97 Å². The van der Waals surface area contributed by atoms with Gasteiger partial charge in [-0.3, -0.25) is 14.4 Å². The first-order valence-electron chi connectivity index (χ1n) is 14.9. The first-order chi connectivity index (χ1) is 21.3. The highest BCUT2D eigenvalue weighted by Crippen LogP contribution is 2.42. The van der Waals surface area contributed by atoms with E-state index in [0.717, 1.165) is 29.2 Å². The van der Waals surface area contributed by atoms with Crippen molar-refractivity contribution in [1.29, 1.82) is 0 Å². The van der Waals surface area contributed by atoms with Crippen molar-refractivity contribution in [1.82, 2.24) is 5.32 Å². The number of hydrogen-bond donors (Lipinski definition) is 3. The Bertz CT molecular complexity index is 1680. The first kappa shape index (κ1) is 31.7. The topological polar surface area (TPSA) is 134 Å². The molecule has 44 heavy (non-hydrogen) atoms. The summed E-state index contributed by atoms with van der Waals surface area (Å²) in [6, 6.07) is 14.1. The lowest BCUT2D eigenvalue weighted by Crippen LogP contribution is -2.25. The Labute approximate surface area is 263 Å². The molecule has 1 amide bonds. The van der Waals surface area contributed by atoms with Gasteiger partial charge in [0.25, 0.3) is 0 Å². The van der Waals surface area contributed by atoms with Gasteiger partial charge in [0.05, 0.1) is 5.56 Å². The fourth-order valence-corrected chi connectivity index (χ4v) is 8.50. The minimum atomic E-state index is -1.04. The number of carbonyl (C=O) groups excluding carboxylic acids is 2. The van der Waals surface area contributed by atoms with E-state index in [1.54, 1.807) is 24.3 Å². The summed E-state index contributed by atoms with van der Waals surface area (Å²) < 4.78 is 5.99. The van der Waals surface area contributed by atoms with E-state index in [1.807, 2.05) is 21.6 Å². The molecule has 0 bridgehead atoms. The molecule has 1 fully saturated rings. The van der Waals surface area contributed by atoms with Crippen LogP contribution >= 0.6 is 21.6 Å². The van der Waals surface area contributed by atoms with Crippen molar-refractivity contribution in [2.75, 3.05) is 12.3 Å². The number of aromatic carboxylic acids is 1. The number of phenols is 1. The lowest BCUT2D eigenvalue weighted by Gasteiger charge is -2.17. The summed E-state index contributed by atoms with van der Waals surface area (Å²) in [6.45, 7) is 0.424. The summed E-state index contributed by atoms with van der Waals surface area (Å²) in [6.07, 6.45) is 6.56. The van der Waals surface area contributed by atoms with Crippen molar-refractivity contribution in [2.45, 2.75) is 63.0 Å². The number of nitrogens with one attached hydrogen (secondary N) is 1. The van der Waals surface area contributed by atoms with Crippen molar-refractivity contribution in [3.63, 3.8) is 0 Å². The lowest BCUT2D eigenvalue weighted by molar-refractivity contribution is -0.122. The minimum Gasteiger partial charge on any atom is -0.508 e. The molecule has 0 spiro atoms. The number of hydrogen-bond acceptors (Lipinski definition) is 8. The molecule has 3 N–H and O–H groups in total. The maximum Gasteiger partial charge on any atom is 0.335 e. The third-order valence-electron chi connectivity index (χ3n) is 7.85. The average molecular weight is 634 g/mol. The Morgan fingerprint density at radius 1 is 0.955 bits per heavy atom. The molecule has 0 radical (unpaired) electrons. The molecule has 230 valence electrons. The van der Waals surface area contributed by atoms with Gasteiger partial charge in [0, 0.05) is 65.5 Å². The standard InChI is InChI=1S/C34H35NO7S2/c36-24(4-1-2-6-26-15-17-43-44-26)5-3-16-35-32(39)14-11-23-18-28-31(20-29(23)38)42-30-19-25(37)12-13-27(30)33(28)21-7-9-22(10-8-21)34(40)41/h7-10,12-13,18-20,26,38H,1-6,11,14-17H2,(H,35,39)(H,40,41). The normalized spacial score (nSPS) is 14.7. The fourth-order valence-electron chi connectivity index (χ4n) is 5.48. The molecular weight excluding hydrogens is 599 g/mol. The van der Waals surface area contributed by atoms with Crippen LogP contribution < -0.4 is 10.7 Å². The molecule has 3 aliphatic rings. The molecule has 0 saturated carbocycles. The van der Waals surface area contributed by atoms with Gasteiger partial charge in [0.1, 0.15) is 22.9 Å². The number of aromatic hydroxyl groups is 1. The zero-order valence-corrected chi connectivity index (χ0v) is 25.9. The molecule has 1 unspecified atom stereocenters. The number of ketones is 1. The second kappa shape index (κ2) is 14.8. The van der Waals surface area contributed by atoms with Crippen molar-refractivity contribution in [2.24, 2.45) is 0 Å². The maximum atomic E-state index is 12.6. The molecular formula is C34H35NO7S2. The summed E-state index contributed by atoms with van der Waals surface area (Å²) in [5.41, 5.74) is 2.93. The summed E-state index contributed by atoms with van der Waals surface area (Å²) in [5.74, 6) is 0.580. The van der Waals surface area contributed by atoms with E-state index in [0.29, 0.717) is 53.7 Å². The van der Waals surface area contributed by atoms with Gasteiger partial charge in [0.2, 0.25) is 5.91 Å². The number of benzene rings is 3. The van der Waals surface area contributed by atoms with E-state index in [1.165, 1.54) is 48.9 Å². The Morgan fingerprint density at radius 2 is 1.75 bits per heavy atom. The molecule has 8 nitrogen and oxygen atoms in total. The predicted molar refractivity (Wildman–Crippen MR) is 176 cm³/mol. The second-order valence-corrected chi connectivity index (χ2v) is 13.8. The number of carboxylic acid groups (broad SMARTS) is 1. The SMILES string of the molecule is O=C(CCCCC1CCSS1)CCCNC(=O)CCc1cc2c(-c3ccc(C(=O)O)cc3)c3ccc(=O)cc-3oc2cc1O. The zero-order valence-electron chi connectivity index (χ0n) is 24.3. The predicted octanol–water partition coefficient (Wildman–Crippen LogP) is 7.08.